The molecule has 2 heterocycles. The average Bonchev–Trinajstić information content (AvgIpc) is 2.74. The Morgan fingerprint density at radius 1 is 1.41 bits per heavy atom. The Labute approximate surface area is 137 Å². The Hall–Kier alpha value is -1.28. The number of carboxylic acid groups (broad SMARTS) is 1. The molecule has 1 aromatic heterocycles. The van der Waals surface area contributed by atoms with E-state index in [1.165, 1.54) is 0 Å². The van der Waals surface area contributed by atoms with Gasteiger partial charge in [0.2, 0.25) is 0 Å². The predicted molar refractivity (Wildman–Crippen MR) is 81.7 cm³/mol. The molecule has 4 N–H and O–H groups in total. The van der Waals surface area contributed by atoms with E-state index >= 15 is 0 Å². The van der Waals surface area contributed by atoms with Crippen LogP contribution in [-0.4, -0.2) is 53.8 Å². The SMILES string of the molecule is Cc1[nH]c(C(=O)N[C@@H]2CCNC[C@@H]2OCC(=O)O)c(Cl)c1Cl. The number of carboxylic acids is 1. The number of aryl methyl sites for hydroxylation is 1. The number of nitrogens with one attached hydrogen (secondary N) is 3. The molecule has 2 rings (SSSR count). The number of piperidine rings is 1. The van der Waals surface area contributed by atoms with Crippen LogP contribution in [0.4, 0.5) is 0 Å². The van der Waals surface area contributed by atoms with Gasteiger partial charge in [0.1, 0.15) is 12.3 Å². The van der Waals surface area contributed by atoms with Crippen LogP contribution in [0, 0.1) is 6.92 Å². The fourth-order valence-electron chi connectivity index (χ4n) is 2.32. The Morgan fingerprint density at radius 2 is 2.14 bits per heavy atom. The fraction of sp³-hybridized carbons (Fsp3) is 0.538. The van der Waals surface area contributed by atoms with Crippen molar-refractivity contribution in [2.75, 3.05) is 19.7 Å². The van der Waals surface area contributed by atoms with E-state index in [1.807, 2.05) is 0 Å². The normalized spacial score (nSPS) is 21.6. The van der Waals surface area contributed by atoms with Crippen LogP contribution in [0.2, 0.25) is 10.0 Å². The topological polar surface area (TPSA) is 103 Å². The molecular formula is C13H17Cl2N3O4. The number of ether oxygens (including phenoxy) is 1. The van der Waals surface area contributed by atoms with Crippen LogP contribution in [-0.2, 0) is 9.53 Å². The molecule has 1 aliphatic rings. The maximum atomic E-state index is 12.3. The average molecular weight is 350 g/mol. The van der Waals surface area contributed by atoms with Crippen molar-refractivity contribution >= 4 is 35.1 Å². The largest absolute Gasteiger partial charge is 0.480 e. The van der Waals surface area contributed by atoms with Crippen LogP contribution in [0.25, 0.3) is 0 Å². The van der Waals surface area contributed by atoms with Crippen LogP contribution in [0.15, 0.2) is 0 Å². The smallest absolute Gasteiger partial charge is 0.329 e. The summed E-state index contributed by atoms with van der Waals surface area (Å²) >= 11 is 12.0. The molecule has 0 radical (unpaired) electrons. The molecule has 0 aliphatic carbocycles. The lowest BCUT2D eigenvalue weighted by atomic mass is 10.0. The molecule has 0 unspecified atom stereocenters. The van der Waals surface area contributed by atoms with Crippen LogP contribution >= 0.6 is 23.2 Å². The van der Waals surface area contributed by atoms with Crippen molar-refractivity contribution in [1.29, 1.82) is 0 Å². The first-order chi connectivity index (χ1) is 10.4. The lowest BCUT2D eigenvalue weighted by Gasteiger charge is -2.32. The maximum absolute atomic E-state index is 12.3. The first-order valence-corrected chi connectivity index (χ1v) is 7.54. The maximum Gasteiger partial charge on any atom is 0.329 e. The number of aromatic amines is 1. The van der Waals surface area contributed by atoms with Crippen molar-refractivity contribution in [2.24, 2.45) is 0 Å². The van der Waals surface area contributed by atoms with Crippen molar-refractivity contribution in [3.05, 3.63) is 21.4 Å². The molecule has 22 heavy (non-hydrogen) atoms. The summed E-state index contributed by atoms with van der Waals surface area (Å²) in [5, 5.41) is 15.1. The number of rotatable bonds is 5. The highest BCUT2D eigenvalue weighted by Gasteiger charge is 2.29. The zero-order valence-electron chi connectivity index (χ0n) is 11.9. The number of hydrogen-bond acceptors (Lipinski definition) is 4. The zero-order chi connectivity index (χ0) is 16.3. The summed E-state index contributed by atoms with van der Waals surface area (Å²) in [6.45, 7) is 2.48. The summed E-state index contributed by atoms with van der Waals surface area (Å²) in [5.41, 5.74) is 0.806. The Kier molecular flexibility index (Phi) is 5.69. The van der Waals surface area contributed by atoms with Gasteiger partial charge in [0.25, 0.3) is 5.91 Å². The molecule has 0 bridgehead atoms. The molecule has 1 saturated heterocycles. The molecule has 1 amide bonds. The third-order valence-electron chi connectivity index (χ3n) is 3.44. The molecule has 122 valence electrons. The summed E-state index contributed by atoms with van der Waals surface area (Å²) in [7, 11) is 0. The highest BCUT2D eigenvalue weighted by molar-refractivity contribution is 6.44. The van der Waals surface area contributed by atoms with Gasteiger partial charge in [-0.25, -0.2) is 4.79 Å². The van der Waals surface area contributed by atoms with Gasteiger partial charge >= 0.3 is 5.97 Å². The first kappa shape index (κ1) is 17.1. The Bertz CT molecular complexity index is 576. The number of H-pyrrole nitrogens is 1. The van der Waals surface area contributed by atoms with Crippen molar-refractivity contribution in [2.45, 2.75) is 25.5 Å². The van der Waals surface area contributed by atoms with E-state index in [4.69, 9.17) is 33.0 Å². The number of hydrogen-bond donors (Lipinski definition) is 4. The molecule has 0 aromatic carbocycles. The van der Waals surface area contributed by atoms with Gasteiger partial charge in [-0.1, -0.05) is 23.2 Å². The summed E-state index contributed by atoms with van der Waals surface area (Å²) in [4.78, 5) is 25.8. The van der Waals surface area contributed by atoms with E-state index in [0.29, 0.717) is 30.2 Å². The minimum atomic E-state index is -1.05. The molecule has 0 saturated carbocycles. The van der Waals surface area contributed by atoms with Crippen LogP contribution < -0.4 is 10.6 Å². The van der Waals surface area contributed by atoms with Crippen molar-refractivity contribution < 1.29 is 19.4 Å². The quantitative estimate of drug-likeness (QED) is 0.639. The predicted octanol–water partition coefficient (Wildman–Crippen LogP) is 1.19. The second-order valence-corrected chi connectivity index (χ2v) is 5.82. The number of carbonyl (C=O) groups is 2. The Balaban J connectivity index is 2.04. The van der Waals surface area contributed by atoms with E-state index < -0.39 is 24.6 Å². The molecule has 1 aliphatic heterocycles. The standard InChI is InChI=1S/C13H17Cl2N3O4/c1-6-10(14)11(15)12(17-6)13(21)18-7-2-3-16-4-8(7)22-5-9(19)20/h7-8,16-17H,2-5H2,1H3,(H,18,21)(H,19,20)/t7-,8+/m1/s1. The summed E-state index contributed by atoms with van der Waals surface area (Å²) in [6.07, 6.45) is 0.209. The Morgan fingerprint density at radius 3 is 2.73 bits per heavy atom. The summed E-state index contributed by atoms with van der Waals surface area (Å²) in [6, 6.07) is -0.299. The number of halogens is 2. The number of carbonyl (C=O) groups excluding carboxylic acids is 1. The van der Waals surface area contributed by atoms with Gasteiger partial charge in [-0.3, -0.25) is 4.79 Å². The third kappa shape index (κ3) is 3.92. The minimum absolute atomic E-state index is 0.175. The van der Waals surface area contributed by atoms with E-state index in [1.54, 1.807) is 6.92 Å². The van der Waals surface area contributed by atoms with Crippen LogP contribution in [0.5, 0.6) is 0 Å². The van der Waals surface area contributed by atoms with Gasteiger partial charge in [-0.15, -0.1) is 0 Å². The molecule has 9 heteroatoms. The van der Waals surface area contributed by atoms with E-state index in [9.17, 15) is 9.59 Å². The van der Waals surface area contributed by atoms with Gasteiger partial charge in [0.05, 0.1) is 22.2 Å². The van der Waals surface area contributed by atoms with Crippen molar-refractivity contribution in [1.82, 2.24) is 15.6 Å². The lowest BCUT2D eigenvalue weighted by molar-refractivity contribution is -0.145. The van der Waals surface area contributed by atoms with Crippen molar-refractivity contribution in [3.8, 4) is 0 Å². The summed E-state index contributed by atoms with van der Waals surface area (Å²) in [5.74, 6) is -1.44. The van der Waals surface area contributed by atoms with Gasteiger partial charge in [-0.05, 0) is 19.9 Å². The van der Waals surface area contributed by atoms with E-state index in [-0.39, 0.29) is 16.8 Å². The van der Waals surface area contributed by atoms with Gasteiger partial charge in [0.15, 0.2) is 0 Å². The van der Waals surface area contributed by atoms with E-state index in [2.05, 4.69) is 15.6 Å². The van der Waals surface area contributed by atoms with Crippen LogP contribution in [0.3, 0.4) is 0 Å². The second kappa shape index (κ2) is 7.32. The zero-order valence-corrected chi connectivity index (χ0v) is 13.4. The molecular weight excluding hydrogens is 333 g/mol. The van der Waals surface area contributed by atoms with E-state index in [0.717, 1.165) is 0 Å². The summed E-state index contributed by atoms with van der Waals surface area (Å²) < 4.78 is 5.31. The number of aliphatic carboxylic acids is 1. The highest BCUT2D eigenvalue weighted by atomic mass is 35.5. The lowest BCUT2D eigenvalue weighted by Crippen LogP contribution is -2.54. The van der Waals surface area contributed by atoms with Gasteiger partial charge < -0.3 is 25.5 Å². The molecule has 2 atom stereocenters. The third-order valence-corrected chi connectivity index (χ3v) is 4.39. The van der Waals surface area contributed by atoms with Gasteiger partial charge in [-0.2, -0.15) is 0 Å². The second-order valence-electron chi connectivity index (χ2n) is 5.07. The molecule has 0 spiro atoms. The monoisotopic (exact) mass is 349 g/mol. The molecule has 1 fully saturated rings. The molecule has 7 nitrogen and oxygen atoms in total. The van der Waals surface area contributed by atoms with Crippen molar-refractivity contribution in [3.63, 3.8) is 0 Å². The first-order valence-electron chi connectivity index (χ1n) is 6.78. The van der Waals surface area contributed by atoms with Crippen LogP contribution in [0.1, 0.15) is 22.6 Å². The highest BCUT2D eigenvalue weighted by Crippen LogP contribution is 2.29. The van der Waals surface area contributed by atoms with Gasteiger partial charge in [0, 0.05) is 12.2 Å². The minimum Gasteiger partial charge on any atom is -0.480 e. The number of aromatic nitrogens is 1. The number of amides is 1. The fourth-order valence-corrected chi connectivity index (χ4v) is 2.73. The molecule has 1 aromatic rings.